The maximum atomic E-state index is 12.8. The van der Waals surface area contributed by atoms with E-state index in [9.17, 15) is 9.59 Å². The molecular weight excluding hydrogens is 236 g/mol. The van der Waals surface area contributed by atoms with E-state index in [4.69, 9.17) is 0 Å². The van der Waals surface area contributed by atoms with Crippen molar-refractivity contribution in [3.8, 4) is 0 Å². The minimum absolute atomic E-state index is 0.0559. The van der Waals surface area contributed by atoms with Crippen molar-refractivity contribution in [3.63, 3.8) is 0 Å². The Kier molecular flexibility index (Phi) is 1.90. The van der Waals surface area contributed by atoms with Crippen molar-refractivity contribution in [1.82, 2.24) is 0 Å². The van der Waals surface area contributed by atoms with Gasteiger partial charge in [0.2, 0.25) is 0 Å². The van der Waals surface area contributed by atoms with Crippen LogP contribution in [-0.2, 0) is 9.59 Å². The molecule has 0 radical (unpaired) electrons. The van der Waals surface area contributed by atoms with Gasteiger partial charge in [0.25, 0.3) is 0 Å². The summed E-state index contributed by atoms with van der Waals surface area (Å²) in [4.78, 5) is 25.3. The number of carbonyl (C=O) groups excluding carboxylic acids is 2. The van der Waals surface area contributed by atoms with Crippen molar-refractivity contribution in [1.29, 1.82) is 0 Å². The van der Waals surface area contributed by atoms with E-state index in [1.54, 1.807) is 0 Å². The summed E-state index contributed by atoms with van der Waals surface area (Å²) < 4.78 is 0. The number of fused-ring (bicyclic) bond motifs is 1. The predicted molar refractivity (Wildman–Crippen MR) is 72.6 cm³/mol. The fourth-order valence-corrected chi connectivity index (χ4v) is 6.48. The van der Waals surface area contributed by atoms with Gasteiger partial charge in [-0.25, -0.2) is 0 Å². The number of allylic oxidation sites excluding steroid dienone is 2. The van der Waals surface area contributed by atoms with Crippen molar-refractivity contribution in [2.24, 2.45) is 22.2 Å². The second-order valence-corrected chi connectivity index (χ2v) is 7.77. The summed E-state index contributed by atoms with van der Waals surface area (Å²) in [6.45, 7) is 6.51. The number of hydrogen-bond donors (Lipinski definition) is 0. The third-order valence-electron chi connectivity index (χ3n) is 7.17. The van der Waals surface area contributed by atoms with Gasteiger partial charge in [-0.1, -0.05) is 24.5 Å². The first-order valence-corrected chi connectivity index (χ1v) is 7.62. The second kappa shape index (κ2) is 3.05. The molecular formula is C17H22O2. The first-order chi connectivity index (χ1) is 8.88. The van der Waals surface area contributed by atoms with Crippen molar-refractivity contribution in [3.05, 3.63) is 11.1 Å². The molecule has 0 amide bonds. The summed E-state index contributed by atoms with van der Waals surface area (Å²) in [6, 6.07) is 0. The molecule has 4 rings (SSSR count). The van der Waals surface area contributed by atoms with Crippen molar-refractivity contribution in [2.45, 2.75) is 59.3 Å². The minimum atomic E-state index is -0.255. The molecule has 0 N–H and O–H groups in total. The van der Waals surface area contributed by atoms with Crippen molar-refractivity contribution < 1.29 is 9.59 Å². The molecule has 0 aromatic rings. The molecule has 2 heteroatoms. The molecule has 102 valence electrons. The van der Waals surface area contributed by atoms with Crippen LogP contribution in [0.25, 0.3) is 0 Å². The molecule has 0 aliphatic heterocycles. The van der Waals surface area contributed by atoms with Gasteiger partial charge in [0, 0.05) is 17.3 Å². The Labute approximate surface area is 114 Å². The minimum Gasteiger partial charge on any atom is -0.299 e. The summed E-state index contributed by atoms with van der Waals surface area (Å²) in [7, 11) is 0. The van der Waals surface area contributed by atoms with E-state index in [-0.39, 0.29) is 33.7 Å². The molecule has 4 aliphatic carbocycles. The van der Waals surface area contributed by atoms with Crippen molar-refractivity contribution in [2.75, 3.05) is 0 Å². The number of Topliss-reactive ketones (excluding diaryl/α,β-unsaturated/α-hetero) is 2. The van der Waals surface area contributed by atoms with Crippen LogP contribution in [0.2, 0.25) is 0 Å². The van der Waals surface area contributed by atoms with Crippen LogP contribution in [0.15, 0.2) is 11.1 Å². The quantitative estimate of drug-likeness (QED) is 0.492. The summed E-state index contributed by atoms with van der Waals surface area (Å²) in [6.07, 6.45) is 5.93. The van der Waals surface area contributed by atoms with Crippen LogP contribution >= 0.6 is 0 Å². The van der Waals surface area contributed by atoms with Crippen LogP contribution < -0.4 is 0 Å². The Morgan fingerprint density at radius 3 is 2.58 bits per heavy atom. The zero-order valence-electron chi connectivity index (χ0n) is 12.1. The first kappa shape index (κ1) is 11.9. The molecule has 4 unspecified atom stereocenters. The van der Waals surface area contributed by atoms with Gasteiger partial charge in [0.15, 0.2) is 0 Å². The van der Waals surface area contributed by atoms with E-state index < -0.39 is 0 Å². The predicted octanol–water partition coefficient (Wildman–Crippen LogP) is 3.45. The Bertz CT molecular complexity index is 554. The van der Waals surface area contributed by atoms with E-state index in [1.807, 2.05) is 0 Å². The smallest absolute Gasteiger partial charge is 0.150 e. The largest absolute Gasteiger partial charge is 0.299 e. The zero-order chi connectivity index (χ0) is 13.6. The van der Waals surface area contributed by atoms with Gasteiger partial charge in [-0.3, -0.25) is 9.59 Å². The monoisotopic (exact) mass is 258 g/mol. The summed E-state index contributed by atoms with van der Waals surface area (Å²) >= 11 is 0. The topological polar surface area (TPSA) is 34.1 Å². The zero-order valence-corrected chi connectivity index (χ0v) is 12.1. The van der Waals surface area contributed by atoms with Gasteiger partial charge in [-0.05, 0) is 44.9 Å². The van der Waals surface area contributed by atoms with E-state index in [0.29, 0.717) is 6.42 Å². The van der Waals surface area contributed by atoms with Crippen LogP contribution in [0.4, 0.5) is 0 Å². The number of rotatable bonds is 0. The lowest BCUT2D eigenvalue weighted by molar-refractivity contribution is -0.135. The number of hydrogen-bond acceptors (Lipinski definition) is 2. The molecule has 0 aromatic carbocycles. The van der Waals surface area contributed by atoms with E-state index in [2.05, 4.69) is 20.8 Å². The van der Waals surface area contributed by atoms with Crippen LogP contribution in [0.5, 0.6) is 0 Å². The van der Waals surface area contributed by atoms with E-state index in [0.717, 1.165) is 25.7 Å². The summed E-state index contributed by atoms with van der Waals surface area (Å²) in [5.41, 5.74) is 2.76. The van der Waals surface area contributed by atoms with Gasteiger partial charge in [-0.2, -0.15) is 0 Å². The molecule has 4 atom stereocenters. The third-order valence-corrected chi connectivity index (χ3v) is 7.17. The highest BCUT2D eigenvalue weighted by atomic mass is 16.2. The van der Waals surface area contributed by atoms with Gasteiger partial charge in [-0.15, -0.1) is 0 Å². The molecule has 0 aromatic heterocycles. The molecule has 19 heavy (non-hydrogen) atoms. The lowest BCUT2D eigenvalue weighted by Gasteiger charge is -2.46. The molecule has 4 aliphatic rings. The van der Waals surface area contributed by atoms with Gasteiger partial charge in [0.1, 0.15) is 11.6 Å². The molecule has 4 saturated carbocycles. The van der Waals surface area contributed by atoms with Gasteiger partial charge >= 0.3 is 0 Å². The third kappa shape index (κ3) is 0.946. The maximum absolute atomic E-state index is 12.8. The van der Waals surface area contributed by atoms with Crippen LogP contribution in [0.1, 0.15) is 59.3 Å². The standard InChI is InChI=1S/C17H22O2/c1-10(2)12-8-15(3)14(19)11-7-17(15)6-4-5-16(12,17)9-13(11)18/h11H,4-9H2,1-3H3. The first-order valence-electron chi connectivity index (χ1n) is 7.62. The SMILES string of the molecule is CC(C)=C1CC2(C)C(=O)C3CC24CCCC14CC3=O. The van der Waals surface area contributed by atoms with E-state index >= 15 is 0 Å². The summed E-state index contributed by atoms with van der Waals surface area (Å²) in [5, 5.41) is 0. The molecule has 0 heterocycles. The maximum Gasteiger partial charge on any atom is 0.150 e. The molecule has 4 fully saturated rings. The van der Waals surface area contributed by atoms with Gasteiger partial charge in [0.05, 0.1) is 5.92 Å². The Hall–Kier alpha value is -0.920. The fourth-order valence-electron chi connectivity index (χ4n) is 6.48. The Morgan fingerprint density at radius 1 is 1.16 bits per heavy atom. The highest BCUT2D eigenvalue weighted by molar-refractivity contribution is 6.10. The Balaban J connectivity index is 2.06. The van der Waals surface area contributed by atoms with Crippen LogP contribution in [0.3, 0.4) is 0 Å². The number of ketones is 2. The average molecular weight is 258 g/mol. The van der Waals surface area contributed by atoms with E-state index in [1.165, 1.54) is 17.6 Å². The second-order valence-electron chi connectivity index (χ2n) is 7.77. The molecule has 1 spiro atoms. The number of carbonyl (C=O) groups is 2. The van der Waals surface area contributed by atoms with Crippen molar-refractivity contribution >= 4 is 11.6 Å². The Morgan fingerprint density at radius 2 is 1.89 bits per heavy atom. The average Bonchev–Trinajstić information content (AvgIpc) is 2.87. The lowest BCUT2D eigenvalue weighted by Crippen LogP contribution is -2.43. The molecule has 2 nitrogen and oxygen atoms in total. The van der Waals surface area contributed by atoms with Crippen LogP contribution in [0, 0.1) is 22.2 Å². The summed E-state index contributed by atoms with van der Waals surface area (Å²) in [5.74, 6) is 0.261. The molecule has 2 bridgehead atoms. The highest BCUT2D eigenvalue weighted by Crippen LogP contribution is 2.81. The molecule has 0 saturated heterocycles. The normalized spacial score (nSPS) is 50.9. The van der Waals surface area contributed by atoms with Gasteiger partial charge < -0.3 is 0 Å². The fraction of sp³-hybridized carbons (Fsp3) is 0.765. The van der Waals surface area contributed by atoms with Crippen LogP contribution in [-0.4, -0.2) is 11.6 Å². The lowest BCUT2D eigenvalue weighted by atomic mass is 9.55. The highest BCUT2D eigenvalue weighted by Gasteiger charge is 2.79.